The highest BCUT2D eigenvalue weighted by molar-refractivity contribution is 7.22. The summed E-state index contributed by atoms with van der Waals surface area (Å²) in [5.41, 5.74) is 0.952. The third-order valence-corrected chi connectivity index (χ3v) is 4.43. The molecule has 1 heterocycles. The van der Waals surface area contributed by atoms with Crippen LogP contribution < -0.4 is 5.43 Å². The molecule has 0 saturated carbocycles. The summed E-state index contributed by atoms with van der Waals surface area (Å²) in [4.78, 5) is 15.5. The lowest BCUT2D eigenvalue weighted by molar-refractivity contribution is -0.132. The number of hydrazone groups is 1. The minimum absolute atomic E-state index is 0.140. The van der Waals surface area contributed by atoms with Crippen LogP contribution in [-0.2, 0) is 4.79 Å². The number of aliphatic hydroxyl groups is 1. The number of para-hydroxylation sites is 1. The number of rotatable bonds is 5. The Hall–Kier alpha value is -3.47. The average Bonchev–Trinajstić information content (AvgIpc) is 3.08. The molecule has 0 aliphatic carbocycles. The smallest absolute Gasteiger partial charge is 0.341 e. The standard InChI is InChI=1S/C17H9F4N3O3S/c18-9-5-7(12(19)14(21)13(9)20)15(25)8(16(26)27)6-22-24-17-23-10-3-1-2-4-11(10)28-17/h1-6,25H,(H,23,24)(H,26,27)/b15-8-,22-6+. The van der Waals surface area contributed by atoms with Crippen LogP contribution in [0.25, 0.3) is 16.0 Å². The summed E-state index contributed by atoms with van der Waals surface area (Å²) < 4.78 is 54.3. The zero-order chi connectivity index (χ0) is 20.4. The van der Waals surface area contributed by atoms with Crippen LogP contribution in [0.4, 0.5) is 22.7 Å². The van der Waals surface area contributed by atoms with E-state index in [9.17, 15) is 27.5 Å². The molecule has 144 valence electrons. The van der Waals surface area contributed by atoms with Gasteiger partial charge in [0, 0.05) is 0 Å². The maximum absolute atomic E-state index is 13.8. The largest absolute Gasteiger partial charge is 0.506 e. The summed E-state index contributed by atoms with van der Waals surface area (Å²) in [5, 5.41) is 23.0. The minimum atomic E-state index is -2.18. The van der Waals surface area contributed by atoms with Crippen LogP contribution in [-0.4, -0.2) is 27.4 Å². The Morgan fingerprint density at radius 3 is 2.50 bits per heavy atom. The fraction of sp³-hybridized carbons (Fsp3) is 0. The molecule has 2 aromatic carbocycles. The van der Waals surface area contributed by atoms with Gasteiger partial charge in [-0.2, -0.15) is 5.10 Å². The molecule has 0 saturated heterocycles. The van der Waals surface area contributed by atoms with Crippen LogP contribution in [0, 0.1) is 23.3 Å². The molecular weight excluding hydrogens is 402 g/mol. The number of fused-ring (bicyclic) bond motifs is 1. The van der Waals surface area contributed by atoms with E-state index in [0.717, 1.165) is 4.70 Å². The zero-order valence-corrected chi connectivity index (χ0v) is 14.4. The Bertz CT molecular complexity index is 1110. The molecule has 3 N–H and O–H groups in total. The summed E-state index contributed by atoms with van der Waals surface area (Å²) in [6.07, 6.45) is 0.600. The normalized spacial score (nSPS) is 12.4. The highest BCUT2D eigenvalue weighted by atomic mass is 32.1. The van der Waals surface area contributed by atoms with E-state index in [1.807, 2.05) is 0 Å². The topological polar surface area (TPSA) is 94.8 Å². The Balaban J connectivity index is 1.94. The number of nitrogens with one attached hydrogen (secondary N) is 1. The zero-order valence-electron chi connectivity index (χ0n) is 13.6. The monoisotopic (exact) mass is 411 g/mol. The molecule has 0 atom stereocenters. The molecule has 0 bridgehead atoms. The quantitative estimate of drug-likeness (QED) is 0.111. The fourth-order valence-corrected chi connectivity index (χ4v) is 3.00. The van der Waals surface area contributed by atoms with Crippen molar-refractivity contribution in [1.29, 1.82) is 0 Å². The van der Waals surface area contributed by atoms with Crippen molar-refractivity contribution in [2.45, 2.75) is 0 Å². The van der Waals surface area contributed by atoms with E-state index in [2.05, 4.69) is 15.5 Å². The Labute approximate surface area is 158 Å². The average molecular weight is 411 g/mol. The van der Waals surface area contributed by atoms with Crippen LogP contribution in [0.15, 0.2) is 41.0 Å². The van der Waals surface area contributed by atoms with Gasteiger partial charge in [0.05, 0.1) is 22.0 Å². The lowest BCUT2D eigenvalue weighted by Crippen LogP contribution is -2.09. The van der Waals surface area contributed by atoms with Crippen molar-refractivity contribution in [3.05, 3.63) is 64.7 Å². The van der Waals surface area contributed by atoms with E-state index in [4.69, 9.17) is 5.11 Å². The molecule has 1 aromatic heterocycles. The van der Waals surface area contributed by atoms with Crippen molar-refractivity contribution in [3.63, 3.8) is 0 Å². The lowest BCUT2D eigenvalue weighted by atomic mass is 10.1. The second-order valence-electron chi connectivity index (χ2n) is 5.27. The molecule has 0 fully saturated rings. The number of hydrogen-bond acceptors (Lipinski definition) is 6. The Morgan fingerprint density at radius 1 is 1.11 bits per heavy atom. The van der Waals surface area contributed by atoms with Crippen LogP contribution in [0.2, 0.25) is 0 Å². The first-order chi connectivity index (χ1) is 13.3. The molecule has 3 rings (SSSR count). The number of aliphatic hydroxyl groups excluding tert-OH is 1. The van der Waals surface area contributed by atoms with Gasteiger partial charge in [0.2, 0.25) is 5.13 Å². The number of anilines is 1. The van der Waals surface area contributed by atoms with Crippen molar-refractivity contribution in [3.8, 4) is 0 Å². The van der Waals surface area contributed by atoms with Gasteiger partial charge in [0.1, 0.15) is 11.3 Å². The van der Waals surface area contributed by atoms with E-state index in [1.165, 1.54) is 11.3 Å². The van der Waals surface area contributed by atoms with Crippen molar-refractivity contribution in [2.24, 2.45) is 5.10 Å². The molecule has 0 radical (unpaired) electrons. The minimum Gasteiger partial charge on any atom is -0.506 e. The number of benzene rings is 2. The molecule has 0 aliphatic rings. The molecule has 11 heteroatoms. The molecule has 3 aromatic rings. The first-order valence-electron chi connectivity index (χ1n) is 7.44. The van der Waals surface area contributed by atoms with E-state index in [1.54, 1.807) is 24.3 Å². The molecule has 0 amide bonds. The van der Waals surface area contributed by atoms with E-state index in [0.29, 0.717) is 16.9 Å². The summed E-state index contributed by atoms with van der Waals surface area (Å²) in [5.74, 6) is -11.1. The molecule has 0 aliphatic heterocycles. The van der Waals surface area contributed by atoms with Crippen molar-refractivity contribution in [2.75, 3.05) is 5.43 Å². The van der Waals surface area contributed by atoms with Gasteiger partial charge < -0.3 is 10.2 Å². The molecular formula is C17H9F4N3O3S. The van der Waals surface area contributed by atoms with Gasteiger partial charge in [-0.25, -0.2) is 27.3 Å². The highest BCUT2D eigenvalue weighted by Gasteiger charge is 2.24. The highest BCUT2D eigenvalue weighted by Crippen LogP contribution is 2.26. The van der Waals surface area contributed by atoms with E-state index < -0.39 is 46.1 Å². The number of carboxylic acid groups (broad SMARTS) is 1. The maximum atomic E-state index is 13.8. The number of aromatic nitrogens is 1. The van der Waals surface area contributed by atoms with Crippen LogP contribution in [0.5, 0.6) is 0 Å². The molecule has 6 nitrogen and oxygen atoms in total. The fourth-order valence-electron chi connectivity index (χ4n) is 2.18. The van der Waals surface area contributed by atoms with Crippen molar-refractivity contribution in [1.82, 2.24) is 4.98 Å². The number of halogens is 4. The Kier molecular flexibility index (Phi) is 5.27. The summed E-state index contributed by atoms with van der Waals surface area (Å²) >= 11 is 1.21. The summed E-state index contributed by atoms with van der Waals surface area (Å²) in [6.45, 7) is 0. The van der Waals surface area contributed by atoms with Gasteiger partial charge >= 0.3 is 5.97 Å². The molecule has 28 heavy (non-hydrogen) atoms. The first kappa shape index (κ1) is 19.3. The second kappa shape index (κ2) is 7.64. The second-order valence-corrected chi connectivity index (χ2v) is 6.30. The van der Waals surface area contributed by atoms with E-state index >= 15 is 0 Å². The molecule has 0 spiro atoms. The third kappa shape index (κ3) is 3.64. The number of nitrogens with zero attached hydrogens (tertiary/aromatic N) is 2. The van der Waals surface area contributed by atoms with Crippen molar-refractivity contribution >= 4 is 44.6 Å². The predicted molar refractivity (Wildman–Crippen MR) is 95.2 cm³/mol. The van der Waals surface area contributed by atoms with Gasteiger partial charge in [0.15, 0.2) is 23.3 Å². The number of carboxylic acids is 1. The van der Waals surface area contributed by atoms with Gasteiger partial charge in [-0.3, -0.25) is 5.43 Å². The van der Waals surface area contributed by atoms with Gasteiger partial charge in [-0.15, -0.1) is 0 Å². The van der Waals surface area contributed by atoms with Gasteiger partial charge in [-0.1, -0.05) is 23.5 Å². The maximum Gasteiger partial charge on any atom is 0.341 e. The van der Waals surface area contributed by atoms with Crippen LogP contribution in [0.3, 0.4) is 0 Å². The predicted octanol–water partition coefficient (Wildman–Crippen LogP) is 4.30. The van der Waals surface area contributed by atoms with Gasteiger partial charge in [-0.05, 0) is 18.2 Å². The lowest BCUT2D eigenvalue weighted by Gasteiger charge is -2.07. The number of aliphatic carboxylic acids is 1. The number of carbonyl (C=O) groups is 1. The van der Waals surface area contributed by atoms with Gasteiger partial charge in [0.25, 0.3) is 0 Å². The van der Waals surface area contributed by atoms with Crippen LogP contribution in [0.1, 0.15) is 5.56 Å². The summed E-state index contributed by atoms with van der Waals surface area (Å²) in [6, 6.07) is 7.26. The van der Waals surface area contributed by atoms with Crippen molar-refractivity contribution < 1.29 is 32.6 Å². The first-order valence-corrected chi connectivity index (χ1v) is 8.25. The number of hydrogen-bond donors (Lipinski definition) is 3. The SMILES string of the molecule is O=C(O)C(/C=N/Nc1nc2ccccc2s1)=C(\O)c1cc(F)c(F)c(F)c1F. The Morgan fingerprint density at radius 2 is 1.82 bits per heavy atom. The number of thiazole rings is 1. The van der Waals surface area contributed by atoms with Crippen LogP contribution >= 0.6 is 11.3 Å². The third-order valence-electron chi connectivity index (χ3n) is 3.49. The molecule has 0 unspecified atom stereocenters. The summed E-state index contributed by atoms with van der Waals surface area (Å²) in [7, 11) is 0. The van der Waals surface area contributed by atoms with E-state index in [-0.39, 0.29) is 6.07 Å².